The van der Waals surface area contributed by atoms with Crippen molar-refractivity contribution in [3.8, 4) is 0 Å². The van der Waals surface area contributed by atoms with Crippen LogP contribution in [0, 0.1) is 0 Å². The number of H-pyrrole nitrogens is 1. The largest absolute Gasteiger partial charge is 0.465 e. The van der Waals surface area contributed by atoms with Crippen LogP contribution < -0.4 is 10.2 Å². The van der Waals surface area contributed by atoms with Gasteiger partial charge in [-0.1, -0.05) is 6.07 Å². The summed E-state index contributed by atoms with van der Waals surface area (Å²) in [6, 6.07) is 5.93. The van der Waals surface area contributed by atoms with E-state index in [1.165, 1.54) is 0 Å². The van der Waals surface area contributed by atoms with Crippen LogP contribution in [0.4, 0.5) is 10.5 Å². The summed E-state index contributed by atoms with van der Waals surface area (Å²) in [5.74, 6) is 0.612. The van der Waals surface area contributed by atoms with Gasteiger partial charge in [-0.15, -0.1) is 0 Å². The Morgan fingerprint density at radius 3 is 2.76 bits per heavy atom. The number of benzene rings is 1. The number of hydrogen-bond donors (Lipinski definition) is 3. The normalized spacial score (nSPS) is 11.0. The van der Waals surface area contributed by atoms with E-state index >= 15 is 0 Å². The van der Waals surface area contributed by atoms with E-state index in [0.717, 1.165) is 29.8 Å². The van der Waals surface area contributed by atoms with Crippen molar-refractivity contribution in [2.75, 3.05) is 39.1 Å². The van der Waals surface area contributed by atoms with Gasteiger partial charge in [-0.25, -0.2) is 9.78 Å². The van der Waals surface area contributed by atoms with Gasteiger partial charge in [0, 0.05) is 20.1 Å². The molecule has 0 aliphatic carbocycles. The fraction of sp³-hybridized carbons (Fsp3) is 0.429. The van der Waals surface area contributed by atoms with Crippen LogP contribution in [0.1, 0.15) is 5.82 Å². The monoisotopic (exact) mass is 291 g/mol. The third kappa shape index (κ3) is 3.85. The van der Waals surface area contributed by atoms with Crippen LogP contribution in [0.25, 0.3) is 11.0 Å². The molecule has 0 bridgehead atoms. The number of para-hydroxylation sites is 1. The van der Waals surface area contributed by atoms with Gasteiger partial charge in [-0.05, 0) is 26.2 Å². The van der Waals surface area contributed by atoms with E-state index in [-0.39, 0.29) is 6.54 Å². The molecule has 2 rings (SSSR count). The van der Waals surface area contributed by atoms with Gasteiger partial charge in [0.1, 0.15) is 11.3 Å². The van der Waals surface area contributed by atoms with Crippen LogP contribution in [0.15, 0.2) is 18.2 Å². The van der Waals surface area contributed by atoms with Crippen molar-refractivity contribution in [2.45, 2.75) is 6.54 Å². The number of likely N-dealkylation sites (N-methyl/N-ethyl adjacent to an activating group) is 2. The summed E-state index contributed by atoms with van der Waals surface area (Å²) >= 11 is 0. The molecule has 1 aromatic carbocycles. The van der Waals surface area contributed by atoms with Gasteiger partial charge < -0.3 is 25.2 Å². The minimum Gasteiger partial charge on any atom is -0.465 e. The first kappa shape index (κ1) is 15.1. The van der Waals surface area contributed by atoms with Gasteiger partial charge >= 0.3 is 6.09 Å². The predicted octanol–water partition coefficient (Wildman–Crippen LogP) is 1.33. The summed E-state index contributed by atoms with van der Waals surface area (Å²) in [5, 5.41) is 11.0. The highest BCUT2D eigenvalue weighted by Crippen LogP contribution is 2.24. The number of nitrogens with one attached hydrogen (secondary N) is 2. The fourth-order valence-electron chi connectivity index (χ4n) is 2.09. The van der Waals surface area contributed by atoms with Crippen molar-refractivity contribution in [1.82, 2.24) is 20.2 Å². The molecule has 0 fully saturated rings. The number of rotatable bonds is 6. The van der Waals surface area contributed by atoms with Gasteiger partial charge in [-0.3, -0.25) is 0 Å². The van der Waals surface area contributed by atoms with Crippen molar-refractivity contribution in [1.29, 1.82) is 0 Å². The second kappa shape index (κ2) is 6.45. The molecular weight excluding hydrogens is 270 g/mol. The average Bonchev–Trinajstić information content (AvgIpc) is 2.85. The number of hydrogen-bond acceptors (Lipinski definition) is 4. The van der Waals surface area contributed by atoms with Crippen molar-refractivity contribution in [3.05, 3.63) is 24.0 Å². The summed E-state index contributed by atoms with van der Waals surface area (Å²) in [5.41, 5.74) is 2.81. The third-order valence-electron chi connectivity index (χ3n) is 3.24. The highest BCUT2D eigenvalue weighted by Gasteiger charge is 2.11. The highest BCUT2D eigenvalue weighted by atomic mass is 16.4. The zero-order valence-electron chi connectivity index (χ0n) is 12.6. The standard InChI is InChI=1S/C14H21N5O2/c1-18(2)7-8-19(3)11-6-4-5-10-13(11)17-12(16-10)9-15-14(20)21/h4-6,15H,7-9H2,1-3H3,(H,16,17)(H,20,21). The SMILES string of the molecule is CN(C)CCN(C)c1cccc2[nH]c(CNC(=O)O)nc12. The lowest BCUT2D eigenvalue weighted by atomic mass is 10.2. The lowest BCUT2D eigenvalue weighted by molar-refractivity contribution is 0.193. The second-order valence-corrected chi connectivity index (χ2v) is 5.24. The molecule has 21 heavy (non-hydrogen) atoms. The maximum atomic E-state index is 10.5. The van der Waals surface area contributed by atoms with Crippen LogP contribution in [-0.4, -0.2) is 60.3 Å². The Morgan fingerprint density at radius 1 is 1.33 bits per heavy atom. The Morgan fingerprint density at radius 2 is 2.10 bits per heavy atom. The number of carboxylic acid groups (broad SMARTS) is 1. The van der Waals surface area contributed by atoms with Crippen molar-refractivity contribution in [3.63, 3.8) is 0 Å². The van der Waals surface area contributed by atoms with E-state index in [2.05, 4.69) is 25.1 Å². The molecule has 0 spiro atoms. The average molecular weight is 291 g/mol. The van der Waals surface area contributed by atoms with Crippen molar-refractivity contribution >= 4 is 22.8 Å². The van der Waals surface area contributed by atoms with Gasteiger partial charge in [0.15, 0.2) is 0 Å². The zero-order chi connectivity index (χ0) is 15.4. The van der Waals surface area contributed by atoms with Crippen LogP contribution in [0.5, 0.6) is 0 Å². The number of carbonyl (C=O) groups is 1. The van der Waals surface area contributed by atoms with E-state index < -0.39 is 6.09 Å². The predicted molar refractivity (Wildman–Crippen MR) is 82.8 cm³/mol. The van der Waals surface area contributed by atoms with Crippen molar-refractivity contribution < 1.29 is 9.90 Å². The van der Waals surface area contributed by atoms with Gasteiger partial charge in [-0.2, -0.15) is 0 Å². The molecule has 114 valence electrons. The fourth-order valence-corrected chi connectivity index (χ4v) is 2.09. The Bertz CT molecular complexity index is 623. The summed E-state index contributed by atoms with van der Waals surface area (Å²) in [6.45, 7) is 2.01. The highest BCUT2D eigenvalue weighted by molar-refractivity contribution is 5.88. The molecule has 1 heterocycles. The molecular formula is C14H21N5O2. The third-order valence-corrected chi connectivity index (χ3v) is 3.24. The Balaban J connectivity index is 2.21. The number of anilines is 1. The van der Waals surface area contributed by atoms with Gasteiger partial charge in [0.05, 0.1) is 17.7 Å². The molecule has 0 saturated carbocycles. The zero-order valence-corrected chi connectivity index (χ0v) is 12.6. The molecule has 0 radical (unpaired) electrons. The van der Waals surface area contributed by atoms with E-state index in [0.29, 0.717) is 5.82 Å². The molecule has 7 nitrogen and oxygen atoms in total. The van der Waals surface area contributed by atoms with Gasteiger partial charge in [0.25, 0.3) is 0 Å². The number of amides is 1. The first-order valence-electron chi connectivity index (χ1n) is 6.77. The molecule has 0 unspecified atom stereocenters. The maximum absolute atomic E-state index is 10.5. The Kier molecular flexibility index (Phi) is 4.64. The molecule has 7 heteroatoms. The first-order chi connectivity index (χ1) is 9.97. The number of nitrogens with zero attached hydrogens (tertiary/aromatic N) is 3. The smallest absolute Gasteiger partial charge is 0.405 e. The van der Waals surface area contributed by atoms with Crippen LogP contribution in [0.3, 0.4) is 0 Å². The summed E-state index contributed by atoms with van der Waals surface area (Å²) in [6.07, 6.45) is -1.06. The van der Waals surface area contributed by atoms with Gasteiger partial charge in [0.2, 0.25) is 0 Å². The van der Waals surface area contributed by atoms with E-state index in [1.54, 1.807) is 0 Å². The summed E-state index contributed by atoms with van der Waals surface area (Å²) in [4.78, 5) is 22.5. The van der Waals surface area contributed by atoms with E-state index in [4.69, 9.17) is 5.11 Å². The Labute approximate surface area is 123 Å². The van der Waals surface area contributed by atoms with Crippen LogP contribution >= 0.6 is 0 Å². The lowest BCUT2D eigenvalue weighted by Gasteiger charge is -2.21. The number of aromatic amines is 1. The second-order valence-electron chi connectivity index (χ2n) is 5.24. The molecule has 0 aliphatic heterocycles. The molecule has 2 aromatic rings. The van der Waals surface area contributed by atoms with Crippen LogP contribution in [0.2, 0.25) is 0 Å². The topological polar surface area (TPSA) is 84.5 Å². The number of aromatic nitrogens is 2. The molecule has 0 saturated heterocycles. The molecule has 1 aromatic heterocycles. The Hall–Kier alpha value is -2.28. The first-order valence-corrected chi connectivity index (χ1v) is 6.77. The number of imidazole rings is 1. The van der Waals surface area contributed by atoms with E-state index in [1.807, 2.05) is 39.3 Å². The molecule has 0 aliphatic rings. The van der Waals surface area contributed by atoms with Crippen LogP contribution in [-0.2, 0) is 6.54 Å². The summed E-state index contributed by atoms with van der Waals surface area (Å²) in [7, 11) is 6.11. The number of fused-ring (bicyclic) bond motifs is 1. The van der Waals surface area contributed by atoms with E-state index in [9.17, 15) is 4.79 Å². The molecule has 1 amide bonds. The molecule has 0 atom stereocenters. The summed E-state index contributed by atoms with van der Waals surface area (Å²) < 4.78 is 0. The molecule has 3 N–H and O–H groups in total. The van der Waals surface area contributed by atoms with Crippen molar-refractivity contribution in [2.24, 2.45) is 0 Å². The minimum absolute atomic E-state index is 0.171. The quantitative estimate of drug-likeness (QED) is 0.747. The lowest BCUT2D eigenvalue weighted by Crippen LogP contribution is -2.28. The maximum Gasteiger partial charge on any atom is 0.405 e. The minimum atomic E-state index is -1.06.